The second-order valence-electron chi connectivity index (χ2n) is 4.04. The number of hydrogen-bond donors (Lipinski definition) is 1. The number of benzene rings is 1. The summed E-state index contributed by atoms with van der Waals surface area (Å²) in [5.74, 6) is -1.77. The van der Waals surface area contributed by atoms with Crippen LogP contribution in [0.3, 0.4) is 0 Å². The summed E-state index contributed by atoms with van der Waals surface area (Å²) in [6.45, 7) is 2.12. The van der Waals surface area contributed by atoms with Gasteiger partial charge in [-0.1, -0.05) is 38.7 Å². The Balaban J connectivity index is 2.46. The van der Waals surface area contributed by atoms with Crippen LogP contribution in [0.15, 0.2) is 18.2 Å². The fraction of sp³-hybridized carbons (Fsp3) is 0.538. The summed E-state index contributed by atoms with van der Waals surface area (Å²) >= 11 is 0. The summed E-state index contributed by atoms with van der Waals surface area (Å²) in [7, 11) is 0. The SMILES string of the molecule is CCCCCCC(O)c1ccc(F)c(F)c1. The standard InChI is InChI=1S/C13H18F2O/c1-2-3-4-5-6-13(16)10-7-8-11(14)12(15)9-10/h7-9,13,16H,2-6H2,1H3. The van der Waals surface area contributed by atoms with E-state index in [1.807, 2.05) is 0 Å². The predicted octanol–water partition coefficient (Wildman–Crippen LogP) is 3.97. The van der Waals surface area contributed by atoms with Gasteiger partial charge in [0.1, 0.15) is 0 Å². The van der Waals surface area contributed by atoms with E-state index in [4.69, 9.17) is 0 Å². The minimum Gasteiger partial charge on any atom is -0.388 e. The van der Waals surface area contributed by atoms with Crippen molar-refractivity contribution in [2.45, 2.75) is 45.1 Å². The molecule has 0 aliphatic heterocycles. The zero-order valence-corrected chi connectivity index (χ0v) is 9.55. The van der Waals surface area contributed by atoms with Gasteiger partial charge in [0.15, 0.2) is 11.6 Å². The van der Waals surface area contributed by atoms with E-state index < -0.39 is 17.7 Å². The average molecular weight is 228 g/mol. The van der Waals surface area contributed by atoms with Gasteiger partial charge < -0.3 is 5.11 Å². The first-order valence-electron chi connectivity index (χ1n) is 5.78. The third-order valence-electron chi connectivity index (χ3n) is 2.66. The third-order valence-corrected chi connectivity index (χ3v) is 2.66. The minimum absolute atomic E-state index is 0.454. The molecule has 0 saturated carbocycles. The smallest absolute Gasteiger partial charge is 0.159 e. The zero-order valence-electron chi connectivity index (χ0n) is 9.55. The van der Waals surface area contributed by atoms with Crippen molar-refractivity contribution in [2.75, 3.05) is 0 Å². The van der Waals surface area contributed by atoms with Crippen molar-refractivity contribution in [2.24, 2.45) is 0 Å². The molecule has 0 heterocycles. The summed E-state index contributed by atoms with van der Waals surface area (Å²) in [5.41, 5.74) is 0.454. The molecule has 1 atom stereocenters. The molecule has 1 N–H and O–H groups in total. The molecule has 3 heteroatoms. The molecule has 1 rings (SSSR count). The van der Waals surface area contributed by atoms with E-state index in [9.17, 15) is 13.9 Å². The third kappa shape index (κ3) is 3.89. The van der Waals surface area contributed by atoms with E-state index in [0.717, 1.165) is 37.8 Å². The summed E-state index contributed by atoms with van der Waals surface area (Å²) in [6, 6.07) is 3.56. The number of aliphatic hydroxyl groups excluding tert-OH is 1. The molecule has 0 amide bonds. The van der Waals surface area contributed by atoms with Gasteiger partial charge in [-0.3, -0.25) is 0 Å². The number of halogens is 2. The lowest BCUT2D eigenvalue weighted by Crippen LogP contribution is -1.99. The van der Waals surface area contributed by atoms with Gasteiger partial charge in [0, 0.05) is 0 Å². The van der Waals surface area contributed by atoms with Crippen LogP contribution in [0.25, 0.3) is 0 Å². The highest BCUT2D eigenvalue weighted by molar-refractivity contribution is 5.19. The Morgan fingerprint density at radius 2 is 1.88 bits per heavy atom. The Morgan fingerprint density at radius 1 is 1.12 bits per heavy atom. The fourth-order valence-corrected chi connectivity index (χ4v) is 1.65. The minimum atomic E-state index is -0.898. The molecule has 0 aliphatic carbocycles. The Hall–Kier alpha value is -0.960. The van der Waals surface area contributed by atoms with Crippen LogP contribution in [0.4, 0.5) is 8.78 Å². The van der Waals surface area contributed by atoms with Crippen LogP contribution in [-0.4, -0.2) is 5.11 Å². The number of unbranched alkanes of at least 4 members (excludes halogenated alkanes) is 3. The van der Waals surface area contributed by atoms with Crippen molar-refractivity contribution in [1.82, 2.24) is 0 Å². The maximum Gasteiger partial charge on any atom is 0.159 e. The largest absolute Gasteiger partial charge is 0.388 e. The first-order valence-corrected chi connectivity index (χ1v) is 5.78. The Kier molecular flexibility index (Phi) is 5.39. The number of aliphatic hydroxyl groups is 1. The van der Waals surface area contributed by atoms with Crippen molar-refractivity contribution in [3.05, 3.63) is 35.4 Å². The average Bonchev–Trinajstić information content (AvgIpc) is 2.28. The molecule has 1 aromatic carbocycles. The van der Waals surface area contributed by atoms with Crippen LogP contribution in [0, 0.1) is 11.6 Å². The second kappa shape index (κ2) is 6.59. The van der Waals surface area contributed by atoms with Crippen molar-refractivity contribution in [1.29, 1.82) is 0 Å². The molecule has 90 valence electrons. The zero-order chi connectivity index (χ0) is 12.0. The van der Waals surface area contributed by atoms with Crippen LogP contribution in [-0.2, 0) is 0 Å². The molecule has 0 spiro atoms. The molecule has 0 radical (unpaired) electrons. The Morgan fingerprint density at radius 3 is 2.50 bits per heavy atom. The van der Waals surface area contributed by atoms with Gasteiger partial charge in [-0.2, -0.15) is 0 Å². The van der Waals surface area contributed by atoms with Gasteiger partial charge in [0.05, 0.1) is 6.10 Å². The van der Waals surface area contributed by atoms with Crippen LogP contribution < -0.4 is 0 Å². The number of rotatable bonds is 6. The van der Waals surface area contributed by atoms with E-state index in [1.165, 1.54) is 6.07 Å². The van der Waals surface area contributed by atoms with Gasteiger partial charge in [-0.05, 0) is 24.1 Å². The van der Waals surface area contributed by atoms with E-state index >= 15 is 0 Å². The summed E-state index contributed by atoms with van der Waals surface area (Å²) < 4.78 is 25.6. The highest BCUT2D eigenvalue weighted by atomic mass is 19.2. The summed E-state index contributed by atoms with van der Waals surface area (Å²) in [4.78, 5) is 0. The molecule has 0 fully saturated rings. The Labute approximate surface area is 95.1 Å². The summed E-state index contributed by atoms with van der Waals surface area (Å²) in [5, 5.41) is 9.75. The van der Waals surface area contributed by atoms with E-state index in [2.05, 4.69) is 6.92 Å². The van der Waals surface area contributed by atoms with Crippen LogP contribution >= 0.6 is 0 Å². The molecule has 0 saturated heterocycles. The summed E-state index contributed by atoms with van der Waals surface area (Å²) in [6.07, 6.45) is 4.18. The van der Waals surface area contributed by atoms with E-state index in [1.54, 1.807) is 0 Å². The van der Waals surface area contributed by atoms with Crippen LogP contribution in [0.2, 0.25) is 0 Å². The van der Waals surface area contributed by atoms with Crippen molar-refractivity contribution in [3.8, 4) is 0 Å². The topological polar surface area (TPSA) is 20.2 Å². The van der Waals surface area contributed by atoms with Crippen LogP contribution in [0.5, 0.6) is 0 Å². The van der Waals surface area contributed by atoms with Crippen molar-refractivity contribution >= 4 is 0 Å². The molecule has 1 unspecified atom stereocenters. The molecule has 1 aromatic rings. The normalized spacial score (nSPS) is 12.8. The van der Waals surface area contributed by atoms with Crippen molar-refractivity contribution < 1.29 is 13.9 Å². The number of hydrogen-bond acceptors (Lipinski definition) is 1. The van der Waals surface area contributed by atoms with Gasteiger partial charge >= 0.3 is 0 Å². The maximum absolute atomic E-state index is 12.9. The molecule has 1 nitrogen and oxygen atoms in total. The van der Waals surface area contributed by atoms with Crippen LogP contribution in [0.1, 0.15) is 50.7 Å². The molecular formula is C13H18F2O. The maximum atomic E-state index is 12.9. The lowest BCUT2D eigenvalue weighted by atomic mass is 10.0. The molecule has 16 heavy (non-hydrogen) atoms. The van der Waals surface area contributed by atoms with Gasteiger partial charge in [0.25, 0.3) is 0 Å². The Bertz CT molecular complexity index is 326. The second-order valence-corrected chi connectivity index (χ2v) is 4.04. The van der Waals surface area contributed by atoms with E-state index in [-0.39, 0.29) is 0 Å². The molecular weight excluding hydrogens is 210 g/mol. The monoisotopic (exact) mass is 228 g/mol. The molecule has 0 aromatic heterocycles. The quantitative estimate of drug-likeness (QED) is 0.730. The lowest BCUT2D eigenvalue weighted by molar-refractivity contribution is 0.163. The molecule has 0 bridgehead atoms. The fourth-order valence-electron chi connectivity index (χ4n) is 1.65. The first-order chi connectivity index (χ1) is 7.65. The lowest BCUT2D eigenvalue weighted by Gasteiger charge is -2.10. The first kappa shape index (κ1) is 13.1. The highest BCUT2D eigenvalue weighted by Crippen LogP contribution is 2.21. The van der Waals surface area contributed by atoms with Crippen molar-refractivity contribution in [3.63, 3.8) is 0 Å². The van der Waals surface area contributed by atoms with Gasteiger partial charge in [-0.25, -0.2) is 8.78 Å². The molecule has 0 aliphatic rings. The van der Waals surface area contributed by atoms with E-state index in [0.29, 0.717) is 12.0 Å². The highest BCUT2D eigenvalue weighted by Gasteiger charge is 2.10. The van der Waals surface area contributed by atoms with Gasteiger partial charge in [-0.15, -0.1) is 0 Å². The van der Waals surface area contributed by atoms with Gasteiger partial charge in [0.2, 0.25) is 0 Å². The predicted molar refractivity (Wildman–Crippen MR) is 60.1 cm³/mol.